The van der Waals surface area contributed by atoms with Gasteiger partial charge < -0.3 is 10.2 Å². The number of hydrogen-bond donors (Lipinski definition) is 1. The average Bonchev–Trinajstić information content (AvgIpc) is 3.16. The van der Waals surface area contributed by atoms with Crippen molar-refractivity contribution in [2.75, 3.05) is 17.3 Å². The molecule has 2 aromatic heterocycles. The molecule has 1 aliphatic heterocycles. The Morgan fingerprint density at radius 3 is 2.76 bits per heavy atom. The van der Waals surface area contributed by atoms with Gasteiger partial charge >= 0.3 is 0 Å². The Morgan fingerprint density at radius 1 is 1.21 bits per heavy atom. The van der Waals surface area contributed by atoms with Gasteiger partial charge in [-0.25, -0.2) is 9.37 Å². The molecule has 0 fully saturated rings. The molecular weight excluding hydrogens is 371 g/mol. The maximum absolute atomic E-state index is 13.0. The first-order valence-electron chi connectivity index (χ1n) is 9.64. The molecule has 0 radical (unpaired) electrons. The number of carbonyl (C=O) groups excluding carboxylic acids is 1. The standard InChI is InChI=1S/C21H23FN6O/c1-3-18-19(29)8-16-11-24-21(26-20(16)27(18)2)23-9-15-10-25-28(13-15)12-14-4-6-17(22)7-5-14/h4-7,10-11,13,18H,3,8-9,12H2,1-2H3,(H,23,24,26)/t18-/m1/s1. The molecule has 4 rings (SSSR count). The van der Waals surface area contributed by atoms with Crippen LogP contribution in [0, 0.1) is 5.82 Å². The molecule has 1 aliphatic rings. The van der Waals surface area contributed by atoms with E-state index in [2.05, 4.69) is 20.4 Å². The van der Waals surface area contributed by atoms with Crippen molar-refractivity contribution in [2.24, 2.45) is 0 Å². The van der Waals surface area contributed by atoms with E-state index >= 15 is 0 Å². The average molecular weight is 394 g/mol. The van der Waals surface area contributed by atoms with Gasteiger partial charge in [0.25, 0.3) is 0 Å². The van der Waals surface area contributed by atoms with Crippen molar-refractivity contribution in [3.05, 3.63) is 65.4 Å². The molecule has 1 aromatic carbocycles. The van der Waals surface area contributed by atoms with Gasteiger partial charge in [0.05, 0.1) is 18.8 Å². The van der Waals surface area contributed by atoms with Crippen LogP contribution in [0.25, 0.3) is 0 Å². The lowest BCUT2D eigenvalue weighted by atomic mass is 9.97. The van der Waals surface area contributed by atoms with Gasteiger partial charge in [0.2, 0.25) is 5.95 Å². The Bertz CT molecular complexity index is 1020. The lowest BCUT2D eigenvalue weighted by Gasteiger charge is -2.33. The lowest BCUT2D eigenvalue weighted by Crippen LogP contribution is -2.43. The minimum atomic E-state index is -0.246. The van der Waals surface area contributed by atoms with E-state index in [4.69, 9.17) is 0 Å². The minimum absolute atomic E-state index is 0.130. The van der Waals surface area contributed by atoms with E-state index < -0.39 is 0 Å². The molecule has 0 saturated carbocycles. The van der Waals surface area contributed by atoms with E-state index in [9.17, 15) is 9.18 Å². The highest BCUT2D eigenvalue weighted by molar-refractivity contribution is 5.92. The Balaban J connectivity index is 1.41. The summed E-state index contributed by atoms with van der Waals surface area (Å²) in [5, 5.41) is 7.58. The van der Waals surface area contributed by atoms with Crippen LogP contribution in [0.15, 0.2) is 42.9 Å². The summed E-state index contributed by atoms with van der Waals surface area (Å²) in [6.45, 7) is 3.11. The van der Waals surface area contributed by atoms with Crippen molar-refractivity contribution in [3.63, 3.8) is 0 Å². The van der Waals surface area contributed by atoms with Crippen LogP contribution in [0.1, 0.15) is 30.0 Å². The van der Waals surface area contributed by atoms with Gasteiger partial charge in [-0.3, -0.25) is 9.48 Å². The molecular formula is C21H23FN6O. The number of carbonyl (C=O) groups is 1. The van der Waals surface area contributed by atoms with Crippen molar-refractivity contribution in [3.8, 4) is 0 Å². The minimum Gasteiger partial charge on any atom is -0.350 e. The fourth-order valence-corrected chi connectivity index (χ4v) is 3.63. The van der Waals surface area contributed by atoms with Crippen LogP contribution in [0.2, 0.25) is 0 Å². The number of benzene rings is 1. The van der Waals surface area contributed by atoms with Crippen LogP contribution in [-0.2, 0) is 24.3 Å². The van der Waals surface area contributed by atoms with Crippen LogP contribution in [0.3, 0.4) is 0 Å². The normalized spacial score (nSPS) is 16.0. The van der Waals surface area contributed by atoms with Gasteiger partial charge in [-0.05, 0) is 24.1 Å². The zero-order chi connectivity index (χ0) is 20.4. The number of halogens is 1. The zero-order valence-electron chi connectivity index (χ0n) is 16.5. The molecule has 3 aromatic rings. The summed E-state index contributed by atoms with van der Waals surface area (Å²) in [6.07, 6.45) is 6.59. The summed E-state index contributed by atoms with van der Waals surface area (Å²) in [5.41, 5.74) is 2.83. The zero-order valence-corrected chi connectivity index (χ0v) is 16.5. The summed E-state index contributed by atoms with van der Waals surface area (Å²) in [5.74, 6) is 1.29. The number of likely N-dealkylation sites (N-methyl/N-ethyl adjacent to an activating group) is 1. The Labute approximate surface area is 168 Å². The molecule has 8 heteroatoms. The molecule has 0 bridgehead atoms. The highest BCUT2D eigenvalue weighted by Crippen LogP contribution is 2.27. The van der Waals surface area contributed by atoms with Gasteiger partial charge in [0.15, 0.2) is 5.78 Å². The molecule has 29 heavy (non-hydrogen) atoms. The third kappa shape index (κ3) is 4.11. The van der Waals surface area contributed by atoms with Crippen molar-refractivity contribution in [1.82, 2.24) is 19.7 Å². The number of nitrogens with one attached hydrogen (secondary N) is 1. The van der Waals surface area contributed by atoms with Gasteiger partial charge in [0.1, 0.15) is 11.6 Å². The van der Waals surface area contributed by atoms with Gasteiger partial charge in [-0.1, -0.05) is 19.1 Å². The van der Waals surface area contributed by atoms with Gasteiger partial charge in [0, 0.05) is 43.5 Å². The second kappa shape index (κ2) is 7.98. The first-order chi connectivity index (χ1) is 14.0. The molecule has 0 saturated heterocycles. The molecule has 150 valence electrons. The molecule has 0 aliphatic carbocycles. The maximum atomic E-state index is 13.0. The number of aromatic nitrogens is 4. The van der Waals surface area contributed by atoms with E-state index in [1.165, 1.54) is 12.1 Å². The van der Waals surface area contributed by atoms with Crippen molar-refractivity contribution in [2.45, 2.75) is 38.9 Å². The van der Waals surface area contributed by atoms with E-state index in [0.29, 0.717) is 25.5 Å². The number of hydrogen-bond acceptors (Lipinski definition) is 6. The van der Waals surface area contributed by atoms with Crippen molar-refractivity contribution >= 4 is 17.5 Å². The second-order valence-electron chi connectivity index (χ2n) is 7.25. The SMILES string of the molecule is CC[C@@H]1C(=O)Cc2cnc(NCc3cnn(Cc4ccc(F)cc4)c3)nc2N1C. The van der Waals surface area contributed by atoms with Crippen LogP contribution in [0.4, 0.5) is 16.2 Å². The third-order valence-electron chi connectivity index (χ3n) is 5.16. The number of ketones is 1. The fraction of sp³-hybridized carbons (Fsp3) is 0.333. The van der Waals surface area contributed by atoms with Crippen LogP contribution in [-0.4, -0.2) is 38.6 Å². The fourth-order valence-electron chi connectivity index (χ4n) is 3.63. The van der Waals surface area contributed by atoms with Crippen molar-refractivity contribution in [1.29, 1.82) is 0 Å². The predicted octanol–water partition coefficient (Wildman–Crippen LogP) is 2.81. The number of nitrogens with zero attached hydrogens (tertiary/aromatic N) is 5. The van der Waals surface area contributed by atoms with Gasteiger partial charge in [-0.2, -0.15) is 10.1 Å². The molecule has 7 nitrogen and oxygen atoms in total. The largest absolute Gasteiger partial charge is 0.350 e. The number of anilines is 2. The van der Waals surface area contributed by atoms with E-state index in [0.717, 1.165) is 28.9 Å². The van der Waals surface area contributed by atoms with E-state index in [-0.39, 0.29) is 17.6 Å². The highest BCUT2D eigenvalue weighted by atomic mass is 19.1. The van der Waals surface area contributed by atoms with Crippen LogP contribution in [0.5, 0.6) is 0 Å². The summed E-state index contributed by atoms with van der Waals surface area (Å²) >= 11 is 0. The molecule has 0 spiro atoms. The topological polar surface area (TPSA) is 75.9 Å². The summed E-state index contributed by atoms with van der Waals surface area (Å²) in [6, 6.07) is 6.27. The molecule has 0 unspecified atom stereocenters. The Kier molecular flexibility index (Phi) is 5.24. The molecule has 1 atom stereocenters. The molecule has 1 N–H and O–H groups in total. The maximum Gasteiger partial charge on any atom is 0.224 e. The van der Waals surface area contributed by atoms with Crippen LogP contribution < -0.4 is 10.2 Å². The van der Waals surface area contributed by atoms with E-state index in [1.54, 1.807) is 24.5 Å². The summed E-state index contributed by atoms with van der Waals surface area (Å²) in [7, 11) is 1.90. The number of fused-ring (bicyclic) bond motifs is 1. The van der Waals surface area contributed by atoms with Crippen molar-refractivity contribution < 1.29 is 9.18 Å². The first-order valence-corrected chi connectivity index (χ1v) is 9.64. The number of Topliss-reactive ketones (excluding diaryl/α,β-unsaturated/α-hetero) is 1. The monoisotopic (exact) mass is 394 g/mol. The van der Waals surface area contributed by atoms with Gasteiger partial charge in [-0.15, -0.1) is 0 Å². The molecule has 3 heterocycles. The third-order valence-corrected chi connectivity index (χ3v) is 5.16. The summed E-state index contributed by atoms with van der Waals surface area (Å²) < 4.78 is 14.8. The quantitative estimate of drug-likeness (QED) is 0.693. The predicted molar refractivity (Wildman–Crippen MR) is 108 cm³/mol. The Hall–Kier alpha value is -3.29. The second-order valence-corrected chi connectivity index (χ2v) is 7.25. The van der Waals surface area contributed by atoms with Crippen LogP contribution >= 0.6 is 0 Å². The Morgan fingerprint density at radius 2 is 2.00 bits per heavy atom. The summed E-state index contributed by atoms with van der Waals surface area (Å²) in [4.78, 5) is 23.1. The first kappa shape index (κ1) is 19.0. The number of rotatable bonds is 6. The van der Waals surface area contributed by atoms with E-state index in [1.807, 2.05) is 29.7 Å². The highest BCUT2D eigenvalue weighted by Gasteiger charge is 2.30. The molecule has 0 amide bonds. The smallest absolute Gasteiger partial charge is 0.224 e. The lowest BCUT2D eigenvalue weighted by molar-refractivity contribution is -0.120.